The zero-order chi connectivity index (χ0) is 6.69. The van der Waals surface area contributed by atoms with Gasteiger partial charge in [-0.1, -0.05) is 0 Å². The Hall–Kier alpha value is -0.480. The van der Waals surface area contributed by atoms with Gasteiger partial charge in [-0.2, -0.15) is 8.75 Å². The molecule has 0 fully saturated rings. The zero-order valence-electron chi connectivity index (χ0n) is 5.51. The maximum absolute atomic E-state index is 4.07. The fourth-order valence-corrected chi connectivity index (χ4v) is 1.14. The molecule has 3 nitrogen and oxygen atoms in total. The molecule has 0 spiro atoms. The molecule has 1 N–H and O–H groups in total. The molecule has 0 unspecified atom stereocenters. The lowest BCUT2D eigenvalue weighted by molar-refractivity contribution is 0.793. The van der Waals surface area contributed by atoms with Crippen molar-refractivity contribution in [2.24, 2.45) is 0 Å². The number of nitrogens with zero attached hydrogens (tertiary/aromatic N) is 2. The summed E-state index contributed by atoms with van der Waals surface area (Å²) >= 11 is 1.27. The average Bonchev–Trinajstić information content (AvgIpc) is 2.18. The number of aromatic nitrogens is 2. The highest BCUT2D eigenvalue weighted by Crippen LogP contribution is 2.01. The monoisotopic (exact) mass is 143 g/mol. The first kappa shape index (κ1) is 6.64. The number of hydrogen-bond donors (Lipinski definition) is 1. The van der Waals surface area contributed by atoms with E-state index >= 15 is 0 Å². The molecule has 0 amide bonds. The van der Waals surface area contributed by atoms with Crippen LogP contribution in [0.5, 0.6) is 0 Å². The second-order valence-electron chi connectivity index (χ2n) is 1.83. The highest BCUT2D eigenvalue weighted by atomic mass is 32.1. The molecule has 1 heterocycles. The van der Waals surface area contributed by atoms with Gasteiger partial charge in [-0.05, 0) is 14.0 Å². The van der Waals surface area contributed by atoms with E-state index in [0.717, 1.165) is 17.9 Å². The Bertz CT molecular complexity index is 184. The minimum atomic E-state index is 0.822. The summed E-state index contributed by atoms with van der Waals surface area (Å²) in [7, 11) is 1.90. The van der Waals surface area contributed by atoms with Crippen molar-refractivity contribution in [3.8, 4) is 0 Å². The Morgan fingerprint density at radius 2 is 2.33 bits per heavy atom. The van der Waals surface area contributed by atoms with Gasteiger partial charge in [0.1, 0.15) is 0 Å². The summed E-state index contributed by atoms with van der Waals surface area (Å²) < 4.78 is 8.10. The first-order chi connectivity index (χ1) is 4.34. The lowest BCUT2D eigenvalue weighted by Crippen LogP contribution is -2.06. The van der Waals surface area contributed by atoms with E-state index in [-0.39, 0.29) is 0 Å². The summed E-state index contributed by atoms with van der Waals surface area (Å²) in [6.45, 7) is 2.79. The third-order valence-corrected chi connectivity index (χ3v) is 1.75. The first-order valence-electron chi connectivity index (χ1n) is 2.77. The van der Waals surface area contributed by atoms with Crippen LogP contribution in [0.25, 0.3) is 0 Å². The topological polar surface area (TPSA) is 37.8 Å². The van der Waals surface area contributed by atoms with Crippen molar-refractivity contribution in [3.63, 3.8) is 0 Å². The summed E-state index contributed by atoms with van der Waals surface area (Å²) in [6.07, 6.45) is 0. The second-order valence-corrected chi connectivity index (χ2v) is 2.36. The normalized spacial score (nSPS) is 10.0. The van der Waals surface area contributed by atoms with Crippen LogP contribution < -0.4 is 5.32 Å². The van der Waals surface area contributed by atoms with Crippen molar-refractivity contribution in [2.75, 3.05) is 7.05 Å². The second kappa shape index (κ2) is 2.89. The largest absolute Gasteiger partial charge is 0.314 e. The Morgan fingerprint density at radius 3 is 2.78 bits per heavy atom. The van der Waals surface area contributed by atoms with E-state index < -0.39 is 0 Å². The number of nitrogens with one attached hydrogen (secondary N) is 1. The Morgan fingerprint density at radius 1 is 1.56 bits per heavy atom. The van der Waals surface area contributed by atoms with Crippen LogP contribution in [0, 0.1) is 6.92 Å². The Kier molecular flexibility index (Phi) is 2.13. The van der Waals surface area contributed by atoms with Crippen LogP contribution >= 0.6 is 11.7 Å². The number of aryl methyl sites for hydroxylation is 1. The lowest BCUT2D eigenvalue weighted by Gasteiger charge is -1.91. The zero-order valence-corrected chi connectivity index (χ0v) is 6.33. The lowest BCUT2D eigenvalue weighted by atomic mass is 10.3. The molecule has 1 aromatic rings. The molecular formula is C5H9N3S. The molecule has 0 aliphatic heterocycles. The van der Waals surface area contributed by atoms with Gasteiger partial charge >= 0.3 is 0 Å². The molecule has 0 bridgehead atoms. The van der Waals surface area contributed by atoms with Gasteiger partial charge in [-0.25, -0.2) is 0 Å². The quantitative estimate of drug-likeness (QED) is 0.657. The number of hydrogen-bond acceptors (Lipinski definition) is 4. The summed E-state index contributed by atoms with van der Waals surface area (Å²) in [6, 6.07) is 0. The molecule has 0 aromatic carbocycles. The van der Waals surface area contributed by atoms with Crippen molar-refractivity contribution in [1.29, 1.82) is 0 Å². The maximum atomic E-state index is 4.07. The molecule has 0 saturated carbocycles. The van der Waals surface area contributed by atoms with Gasteiger partial charge in [0.2, 0.25) is 0 Å². The van der Waals surface area contributed by atoms with Gasteiger partial charge in [0.15, 0.2) is 0 Å². The number of rotatable bonds is 2. The predicted molar refractivity (Wildman–Crippen MR) is 37.4 cm³/mol. The molecule has 1 aromatic heterocycles. The van der Waals surface area contributed by atoms with Crippen molar-refractivity contribution in [1.82, 2.24) is 14.1 Å². The third kappa shape index (κ3) is 1.46. The Labute approximate surface area is 58.4 Å². The highest BCUT2D eigenvalue weighted by molar-refractivity contribution is 6.99. The minimum Gasteiger partial charge on any atom is -0.314 e. The van der Waals surface area contributed by atoms with E-state index in [1.165, 1.54) is 11.7 Å². The average molecular weight is 143 g/mol. The van der Waals surface area contributed by atoms with E-state index in [1.807, 2.05) is 14.0 Å². The molecule has 0 atom stereocenters. The first-order valence-corrected chi connectivity index (χ1v) is 3.50. The van der Waals surface area contributed by atoms with Crippen LogP contribution in [0.4, 0.5) is 0 Å². The van der Waals surface area contributed by atoms with Gasteiger partial charge in [0.05, 0.1) is 23.1 Å². The van der Waals surface area contributed by atoms with E-state index in [0.29, 0.717) is 0 Å². The molecule has 50 valence electrons. The van der Waals surface area contributed by atoms with Gasteiger partial charge in [-0.3, -0.25) is 0 Å². The molecule has 1 rings (SSSR count). The standard InChI is InChI=1S/C5H9N3S/c1-4-5(3-6-2)8-9-7-4/h6H,3H2,1-2H3. The van der Waals surface area contributed by atoms with Crippen molar-refractivity contribution in [2.45, 2.75) is 13.5 Å². The smallest absolute Gasteiger partial charge is 0.0909 e. The minimum absolute atomic E-state index is 0.822. The van der Waals surface area contributed by atoms with E-state index in [2.05, 4.69) is 14.1 Å². The molecule has 0 aliphatic rings. The summed E-state index contributed by atoms with van der Waals surface area (Å²) in [5.74, 6) is 0. The molecule has 9 heavy (non-hydrogen) atoms. The van der Waals surface area contributed by atoms with Crippen molar-refractivity contribution < 1.29 is 0 Å². The van der Waals surface area contributed by atoms with E-state index in [4.69, 9.17) is 0 Å². The summed E-state index contributed by atoms with van der Waals surface area (Å²) in [5, 5.41) is 3.02. The predicted octanol–water partition coefficient (Wildman–Crippen LogP) is 0.566. The molecule has 0 radical (unpaired) electrons. The fourth-order valence-electron chi connectivity index (χ4n) is 0.577. The fraction of sp³-hybridized carbons (Fsp3) is 0.600. The molecule has 4 heteroatoms. The van der Waals surface area contributed by atoms with Crippen molar-refractivity contribution >= 4 is 11.7 Å². The summed E-state index contributed by atoms with van der Waals surface area (Å²) in [5.41, 5.74) is 2.09. The van der Waals surface area contributed by atoms with Crippen molar-refractivity contribution in [3.05, 3.63) is 11.4 Å². The Balaban J connectivity index is 2.69. The van der Waals surface area contributed by atoms with Crippen LogP contribution in [0.3, 0.4) is 0 Å². The van der Waals surface area contributed by atoms with Crippen LogP contribution in [0.1, 0.15) is 11.4 Å². The van der Waals surface area contributed by atoms with Crippen LogP contribution in [-0.2, 0) is 6.54 Å². The molecular weight excluding hydrogens is 134 g/mol. The van der Waals surface area contributed by atoms with Gasteiger partial charge in [0, 0.05) is 6.54 Å². The van der Waals surface area contributed by atoms with E-state index in [1.54, 1.807) is 0 Å². The van der Waals surface area contributed by atoms with Crippen LogP contribution in [0.15, 0.2) is 0 Å². The highest BCUT2D eigenvalue weighted by Gasteiger charge is 1.98. The van der Waals surface area contributed by atoms with Gasteiger partial charge < -0.3 is 5.32 Å². The maximum Gasteiger partial charge on any atom is 0.0909 e. The molecule has 0 aliphatic carbocycles. The van der Waals surface area contributed by atoms with Gasteiger partial charge in [0.25, 0.3) is 0 Å². The van der Waals surface area contributed by atoms with Crippen LogP contribution in [0.2, 0.25) is 0 Å². The summed E-state index contributed by atoms with van der Waals surface area (Å²) in [4.78, 5) is 0. The van der Waals surface area contributed by atoms with E-state index in [9.17, 15) is 0 Å². The molecule has 0 saturated heterocycles. The third-order valence-electron chi connectivity index (χ3n) is 1.09. The van der Waals surface area contributed by atoms with Gasteiger partial charge in [-0.15, -0.1) is 0 Å². The SMILES string of the molecule is CNCc1nsnc1C. The van der Waals surface area contributed by atoms with Crippen LogP contribution in [-0.4, -0.2) is 15.8 Å².